The van der Waals surface area contributed by atoms with Gasteiger partial charge in [-0.3, -0.25) is 19.2 Å². The number of nitrogens with zero attached hydrogens (tertiary/aromatic N) is 1. The van der Waals surface area contributed by atoms with Gasteiger partial charge in [0.1, 0.15) is 18.1 Å². The molecule has 0 saturated carbocycles. The number of aliphatic carboxylic acids is 1. The largest absolute Gasteiger partial charge is 0.480 e. The Morgan fingerprint density at radius 1 is 1.13 bits per heavy atom. The summed E-state index contributed by atoms with van der Waals surface area (Å²) in [6, 6.07) is -4.51. The first-order valence-electron chi connectivity index (χ1n) is 9.58. The minimum Gasteiger partial charge on any atom is -0.480 e. The molecule has 3 amide bonds. The van der Waals surface area contributed by atoms with Crippen LogP contribution >= 0.6 is 0 Å². The SMILES string of the molecule is CCC(C)C(NC(=O)C(N)Cc1cnc[nH]1)C(=O)NC(CO)C(=O)NC(C)C(=O)O. The number of nitrogens with one attached hydrogen (secondary N) is 4. The molecule has 0 saturated heterocycles. The standard InChI is InChI=1S/C18H30N6O6/c1-4-9(2)14(24-15(26)12(19)5-11-6-20-8-21-11)17(28)23-13(7-25)16(27)22-10(3)18(29)30/h6,8-10,12-14,25H,4-5,7,19H2,1-3H3,(H,20,21)(H,22,27)(H,23,28)(H,24,26)(H,29,30). The molecule has 0 aliphatic heterocycles. The second-order valence-electron chi connectivity index (χ2n) is 7.07. The Morgan fingerprint density at radius 2 is 1.80 bits per heavy atom. The summed E-state index contributed by atoms with van der Waals surface area (Å²) in [7, 11) is 0. The molecule has 0 aliphatic carbocycles. The van der Waals surface area contributed by atoms with Gasteiger partial charge in [-0.25, -0.2) is 4.98 Å². The molecule has 1 heterocycles. The van der Waals surface area contributed by atoms with Crippen molar-refractivity contribution in [3.63, 3.8) is 0 Å². The minimum atomic E-state index is -1.37. The molecule has 1 aromatic rings. The lowest BCUT2D eigenvalue weighted by molar-refractivity contribution is -0.142. The third-order valence-electron chi connectivity index (χ3n) is 4.67. The summed E-state index contributed by atoms with van der Waals surface area (Å²) in [4.78, 5) is 54.9. The number of aromatic amines is 1. The Bertz CT molecular complexity index is 725. The number of carboxylic acid groups (broad SMARTS) is 1. The fraction of sp³-hybridized carbons (Fsp3) is 0.611. The molecule has 1 aromatic heterocycles. The Hall–Kier alpha value is -2.99. The number of amides is 3. The number of rotatable bonds is 12. The molecule has 12 heteroatoms. The molecule has 1 rings (SSSR count). The number of imidazole rings is 1. The summed E-state index contributed by atoms with van der Waals surface area (Å²) < 4.78 is 0. The van der Waals surface area contributed by atoms with E-state index < -0.39 is 54.5 Å². The van der Waals surface area contributed by atoms with E-state index in [9.17, 15) is 24.3 Å². The van der Waals surface area contributed by atoms with E-state index in [0.717, 1.165) is 0 Å². The number of H-pyrrole nitrogens is 1. The monoisotopic (exact) mass is 426 g/mol. The van der Waals surface area contributed by atoms with E-state index in [2.05, 4.69) is 25.9 Å². The third-order valence-corrected chi connectivity index (χ3v) is 4.67. The van der Waals surface area contributed by atoms with Gasteiger partial charge >= 0.3 is 5.97 Å². The number of hydrogen-bond acceptors (Lipinski definition) is 7. The summed E-state index contributed by atoms with van der Waals surface area (Å²) in [5.41, 5.74) is 6.57. The van der Waals surface area contributed by atoms with Crippen LogP contribution in [-0.2, 0) is 25.6 Å². The molecule has 0 bridgehead atoms. The predicted octanol–water partition coefficient (Wildman–Crippen LogP) is -2.12. The summed E-state index contributed by atoms with van der Waals surface area (Å²) in [5.74, 6) is -3.67. The van der Waals surface area contributed by atoms with Gasteiger partial charge in [0, 0.05) is 18.3 Å². The first kappa shape index (κ1) is 25.0. The highest BCUT2D eigenvalue weighted by molar-refractivity contribution is 5.94. The van der Waals surface area contributed by atoms with Crippen molar-refractivity contribution in [2.75, 3.05) is 6.61 Å². The lowest BCUT2D eigenvalue weighted by Crippen LogP contribution is -2.59. The van der Waals surface area contributed by atoms with Gasteiger partial charge in [-0.2, -0.15) is 0 Å². The first-order chi connectivity index (χ1) is 14.1. The van der Waals surface area contributed by atoms with Crippen molar-refractivity contribution in [2.45, 2.75) is 57.8 Å². The molecule has 30 heavy (non-hydrogen) atoms. The maximum Gasteiger partial charge on any atom is 0.325 e. The van der Waals surface area contributed by atoms with Crippen LogP contribution < -0.4 is 21.7 Å². The van der Waals surface area contributed by atoms with E-state index >= 15 is 0 Å². The average Bonchev–Trinajstić information content (AvgIpc) is 3.21. The zero-order valence-electron chi connectivity index (χ0n) is 17.2. The zero-order chi connectivity index (χ0) is 22.8. The van der Waals surface area contributed by atoms with Crippen LogP contribution in [0.4, 0.5) is 0 Å². The molecule has 0 aromatic carbocycles. The highest BCUT2D eigenvalue weighted by Gasteiger charge is 2.31. The second-order valence-corrected chi connectivity index (χ2v) is 7.07. The maximum atomic E-state index is 12.7. The molecule has 0 fully saturated rings. The van der Waals surface area contributed by atoms with E-state index in [1.165, 1.54) is 19.4 Å². The summed E-state index contributed by atoms with van der Waals surface area (Å²) in [6.45, 7) is 4.07. The molecular formula is C18H30N6O6. The fourth-order valence-electron chi connectivity index (χ4n) is 2.52. The Balaban J connectivity index is 2.80. The Kier molecular flexibility index (Phi) is 9.92. The number of aliphatic hydroxyl groups is 1. The predicted molar refractivity (Wildman–Crippen MR) is 106 cm³/mol. The van der Waals surface area contributed by atoms with Crippen molar-refractivity contribution in [1.29, 1.82) is 0 Å². The molecule has 168 valence electrons. The van der Waals surface area contributed by atoms with Crippen LogP contribution in [0.3, 0.4) is 0 Å². The van der Waals surface area contributed by atoms with E-state index in [-0.39, 0.29) is 12.3 Å². The average molecular weight is 426 g/mol. The number of carboxylic acids is 1. The van der Waals surface area contributed by atoms with Gasteiger partial charge in [-0.15, -0.1) is 0 Å². The van der Waals surface area contributed by atoms with Crippen molar-refractivity contribution in [3.8, 4) is 0 Å². The van der Waals surface area contributed by atoms with Crippen molar-refractivity contribution < 1.29 is 29.4 Å². The molecule has 12 nitrogen and oxygen atoms in total. The van der Waals surface area contributed by atoms with Crippen molar-refractivity contribution in [2.24, 2.45) is 11.7 Å². The first-order valence-corrected chi connectivity index (χ1v) is 9.58. The van der Waals surface area contributed by atoms with Crippen LogP contribution in [0.15, 0.2) is 12.5 Å². The summed E-state index contributed by atoms with van der Waals surface area (Å²) in [5, 5.41) is 25.4. The van der Waals surface area contributed by atoms with Gasteiger partial charge in [-0.05, 0) is 12.8 Å². The van der Waals surface area contributed by atoms with Gasteiger partial charge in [0.05, 0.1) is 19.0 Å². The number of nitrogens with two attached hydrogens (primary N) is 1. The Morgan fingerprint density at radius 3 is 2.30 bits per heavy atom. The number of carbonyl (C=O) groups excluding carboxylic acids is 3. The zero-order valence-corrected chi connectivity index (χ0v) is 17.2. The van der Waals surface area contributed by atoms with Crippen LogP contribution in [0.2, 0.25) is 0 Å². The van der Waals surface area contributed by atoms with Crippen molar-refractivity contribution >= 4 is 23.7 Å². The topological polar surface area (TPSA) is 200 Å². The third kappa shape index (κ3) is 7.44. The van der Waals surface area contributed by atoms with Crippen LogP contribution in [0.5, 0.6) is 0 Å². The number of carbonyl (C=O) groups is 4. The van der Waals surface area contributed by atoms with Gasteiger partial charge < -0.3 is 36.9 Å². The lowest BCUT2D eigenvalue weighted by atomic mass is 9.97. The highest BCUT2D eigenvalue weighted by Crippen LogP contribution is 2.09. The molecule has 0 spiro atoms. The van der Waals surface area contributed by atoms with E-state index in [0.29, 0.717) is 12.1 Å². The van der Waals surface area contributed by atoms with Crippen LogP contribution in [0.1, 0.15) is 32.9 Å². The molecule has 8 N–H and O–H groups in total. The van der Waals surface area contributed by atoms with Crippen LogP contribution in [-0.4, -0.2) is 74.6 Å². The lowest BCUT2D eigenvalue weighted by Gasteiger charge is -2.27. The molecule has 0 radical (unpaired) electrons. The fourth-order valence-corrected chi connectivity index (χ4v) is 2.52. The molecule has 5 unspecified atom stereocenters. The number of aromatic nitrogens is 2. The second kappa shape index (κ2) is 11.9. The highest BCUT2D eigenvalue weighted by atomic mass is 16.4. The molecule has 0 aliphatic rings. The quantitative estimate of drug-likeness (QED) is 0.196. The van der Waals surface area contributed by atoms with E-state index in [1.807, 2.05) is 6.92 Å². The minimum absolute atomic E-state index is 0.190. The normalized spacial score (nSPS) is 15.9. The molecular weight excluding hydrogens is 396 g/mol. The van der Waals surface area contributed by atoms with Gasteiger partial charge in [0.25, 0.3) is 0 Å². The van der Waals surface area contributed by atoms with Crippen LogP contribution in [0.25, 0.3) is 0 Å². The summed E-state index contributed by atoms with van der Waals surface area (Å²) >= 11 is 0. The van der Waals surface area contributed by atoms with Crippen molar-refractivity contribution in [3.05, 3.63) is 18.2 Å². The number of hydrogen-bond donors (Lipinski definition) is 7. The van der Waals surface area contributed by atoms with E-state index in [4.69, 9.17) is 10.8 Å². The maximum absolute atomic E-state index is 12.7. The summed E-state index contributed by atoms with van der Waals surface area (Å²) in [6.07, 6.45) is 3.73. The van der Waals surface area contributed by atoms with Gasteiger partial charge in [-0.1, -0.05) is 20.3 Å². The Labute approximate surface area is 174 Å². The van der Waals surface area contributed by atoms with Gasteiger partial charge in [0.15, 0.2) is 0 Å². The molecule has 5 atom stereocenters. The van der Waals surface area contributed by atoms with Crippen LogP contribution in [0, 0.1) is 5.92 Å². The number of aliphatic hydroxyl groups excluding tert-OH is 1. The van der Waals surface area contributed by atoms with Gasteiger partial charge in [0.2, 0.25) is 17.7 Å². The van der Waals surface area contributed by atoms with E-state index in [1.54, 1.807) is 6.92 Å². The smallest absolute Gasteiger partial charge is 0.325 e. The van der Waals surface area contributed by atoms with Crippen molar-refractivity contribution in [1.82, 2.24) is 25.9 Å².